The van der Waals surface area contributed by atoms with Gasteiger partial charge >= 0.3 is 5.97 Å². The molecule has 8 nitrogen and oxygen atoms in total. The van der Waals surface area contributed by atoms with E-state index in [1.807, 2.05) is 61.2 Å². The fourth-order valence-electron chi connectivity index (χ4n) is 6.53. The van der Waals surface area contributed by atoms with E-state index in [0.29, 0.717) is 56.4 Å². The highest BCUT2D eigenvalue weighted by Crippen LogP contribution is 2.47. The molecule has 3 aromatic rings. The first-order valence-corrected chi connectivity index (χ1v) is 15.4. The number of nitrogens with one attached hydrogen (secondary N) is 1. The minimum atomic E-state index is -0.929. The number of carbonyl (C=O) groups excluding carboxylic acids is 1. The number of methoxy groups -OCH3 is 1. The first-order chi connectivity index (χ1) is 21.3. The largest absolute Gasteiger partial charge is 0.486 e. The van der Waals surface area contributed by atoms with Crippen LogP contribution in [0.3, 0.4) is 0 Å². The number of rotatable bonds is 12. The fourth-order valence-corrected chi connectivity index (χ4v) is 6.53. The van der Waals surface area contributed by atoms with Crippen LogP contribution in [0.5, 0.6) is 11.5 Å². The molecule has 3 atom stereocenters. The maximum atomic E-state index is 14.2. The van der Waals surface area contributed by atoms with Crippen LogP contribution in [0.25, 0.3) is 0 Å². The predicted molar refractivity (Wildman–Crippen MR) is 166 cm³/mol. The van der Waals surface area contributed by atoms with Crippen molar-refractivity contribution in [1.82, 2.24) is 4.90 Å². The number of halogens is 1. The highest BCUT2D eigenvalue weighted by Gasteiger charge is 2.48. The van der Waals surface area contributed by atoms with Crippen molar-refractivity contribution in [3.63, 3.8) is 0 Å². The summed E-state index contributed by atoms with van der Waals surface area (Å²) in [6, 6.07) is 16.0. The lowest BCUT2D eigenvalue weighted by atomic mass is 9.82. The number of ether oxygens (including phenoxy) is 3. The number of likely N-dealkylation sites (tertiary alicyclic amines) is 1. The lowest BCUT2D eigenvalue weighted by Gasteiger charge is -2.27. The van der Waals surface area contributed by atoms with Crippen LogP contribution in [-0.4, -0.2) is 61.9 Å². The van der Waals surface area contributed by atoms with Gasteiger partial charge < -0.3 is 24.6 Å². The number of anilines is 1. The number of fused-ring (bicyclic) bond motifs is 1. The van der Waals surface area contributed by atoms with Crippen molar-refractivity contribution >= 4 is 17.6 Å². The summed E-state index contributed by atoms with van der Waals surface area (Å²) in [6.07, 6.45) is 2.87. The third kappa shape index (κ3) is 6.89. The number of benzene rings is 3. The molecule has 2 N–H and O–H groups in total. The van der Waals surface area contributed by atoms with Gasteiger partial charge in [-0.25, -0.2) is 4.39 Å². The summed E-state index contributed by atoms with van der Waals surface area (Å²) in [5.41, 5.74) is 4.90. The quantitative estimate of drug-likeness (QED) is 0.253. The zero-order chi connectivity index (χ0) is 31.2. The summed E-state index contributed by atoms with van der Waals surface area (Å²) in [7, 11) is 1.68. The Labute approximate surface area is 258 Å². The SMILES string of the molecule is CCc1cc(F)cc(CC)c1NC(=O)CN1C[C@H](c2ccc3c(c2)OCCO3)C(C(=O)O)[C@@H]1c1ccc(CCCOC)cc1. The van der Waals surface area contributed by atoms with Gasteiger partial charge in [0.1, 0.15) is 19.0 Å². The van der Waals surface area contributed by atoms with E-state index in [0.717, 1.165) is 40.7 Å². The van der Waals surface area contributed by atoms with Gasteiger partial charge in [0.15, 0.2) is 11.5 Å². The Bertz CT molecular complexity index is 1450. The van der Waals surface area contributed by atoms with Gasteiger partial charge in [-0.15, -0.1) is 0 Å². The van der Waals surface area contributed by atoms with E-state index in [4.69, 9.17) is 14.2 Å². The maximum absolute atomic E-state index is 14.2. The Balaban J connectivity index is 1.47. The monoisotopic (exact) mass is 604 g/mol. The number of aryl methyl sites for hydroxylation is 3. The summed E-state index contributed by atoms with van der Waals surface area (Å²) >= 11 is 0. The summed E-state index contributed by atoms with van der Waals surface area (Å²) in [4.78, 5) is 28.6. The Morgan fingerprint density at radius 3 is 2.27 bits per heavy atom. The molecule has 2 aliphatic rings. The number of hydrogen-bond donors (Lipinski definition) is 2. The van der Waals surface area contributed by atoms with Crippen LogP contribution in [0.4, 0.5) is 10.1 Å². The van der Waals surface area contributed by atoms with Gasteiger partial charge in [-0.3, -0.25) is 14.5 Å². The number of carboxylic acid groups (broad SMARTS) is 1. The molecule has 0 spiro atoms. The molecule has 44 heavy (non-hydrogen) atoms. The standard InChI is InChI=1S/C35H41FN2O6/c1-4-23-17-27(36)18-24(5-2)33(23)37-31(39)21-38-20-28(26-12-13-29-30(19-26)44-16-15-43-29)32(35(40)41)34(38)25-10-8-22(9-11-25)7-6-14-42-3/h8-13,17-19,28,32,34H,4-7,14-16,20-21H2,1-3H3,(H,37,39)(H,40,41)/t28-,32?,34+/m1/s1. The third-order valence-corrected chi connectivity index (χ3v) is 8.65. The van der Waals surface area contributed by atoms with Gasteiger partial charge in [0.25, 0.3) is 0 Å². The summed E-state index contributed by atoms with van der Waals surface area (Å²) < 4.78 is 30.9. The van der Waals surface area contributed by atoms with Crippen molar-refractivity contribution in [2.75, 3.05) is 45.3 Å². The van der Waals surface area contributed by atoms with Crippen molar-refractivity contribution in [3.05, 3.63) is 88.2 Å². The van der Waals surface area contributed by atoms with E-state index in [9.17, 15) is 19.1 Å². The molecule has 1 amide bonds. The minimum absolute atomic E-state index is 0.0191. The van der Waals surface area contributed by atoms with Gasteiger partial charge in [0.2, 0.25) is 5.91 Å². The fraction of sp³-hybridized carbons (Fsp3) is 0.429. The van der Waals surface area contributed by atoms with Crippen LogP contribution in [-0.2, 0) is 33.6 Å². The molecule has 5 rings (SSSR count). The molecule has 0 saturated carbocycles. The van der Waals surface area contributed by atoms with Crippen molar-refractivity contribution in [2.24, 2.45) is 5.92 Å². The molecule has 2 aliphatic heterocycles. The molecule has 0 aromatic heterocycles. The van der Waals surface area contributed by atoms with Crippen molar-refractivity contribution in [2.45, 2.75) is 51.5 Å². The topological polar surface area (TPSA) is 97.3 Å². The number of amides is 1. The normalized spacial score (nSPS) is 19.6. The van der Waals surface area contributed by atoms with Crippen LogP contribution >= 0.6 is 0 Å². The molecular formula is C35H41FN2O6. The molecule has 1 fully saturated rings. The smallest absolute Gasteiger partial charge is 0.309 e. The van der Waals surface area contributed by atoms with E-state index >= 15 is 0 Å². The zero-order valence-corrected chi connectivity index (χ0v) is 25.6. The molecule has 1 saturated heterocycles. The van der Waals surface area contributed by atoms with Crippen LogP contribution in [0, 0.1) is 11.7 Å². The lowest BCUT2D eigenvalue weighted by Crippen LogP contribution is -2.35. The average Bonchev–Trinajstić information content (AvgIpc) is 3.41. The first kappa shape index (κ1) is 31.5. The second kappa shape index (κ2) is 14.2. The molecule has 2 heterocycles. The Morgan fingerprint density at radius 1 is 0.977 bits per heavy atom. The van der Waals surface area contributed by atoms with E-state index in [1.54, 1.807) is 7.11 Å². The molecule has 3 aromatic carbocycles. The van der Waals surface area contributed by atoms with E-state index in [1.165, 1.54) is 12.1 Å². The molecule has 9 heteroatoms. The first-order valence-electron chi connectivity index (χ1n) is 15.4. The number of nitrogens with zero attached hydrogens (tertiary/aromatic N) is 1. The molecule has 0 bridgehead atoms. The Kier molecular flexibility index (Phi) is 10.2. The van der Waals surface area contributed by atoms with E-state index < -0.39 is 23.8 Å². The van der Waals surface area contributed by atoms with Crippen LogP contribution in [0.15, 0.2) is 54.6 Å². The van der Waals surface area contributed by atoms with Crippen LogP contribution in [0.1, 0.15) is 60.0 Å². The second-order valence-electron chi connectivity index (χ2n) is 11.4. The lowest BCUT2D eigenvalue weighted by molar-refractivity contribution is -0.143. The van der Waals surface area contributed by atoms with Crippen LogP contribution in [0.2, 0.25) is 0 Å². The second-order valence-corrected chi connectivity index (χ2v) is 11.4. The number of hydrogen-bond acceptors (Lipinski definition) is 6. The van der Waals surface area contributed by atoms with Crippen molar-refractivity contribution in [1.29, 1.82) is 0 Å². The highest BCUT2D eigenvalue weighted by atomic mass is 19.1. The average molecular weight is 605 g/mol. The number of aliphatic carboxylic acids is 1. The number of carbonyl (C=O) groups is 2. The van der Waals surface area contributed by atoms with Crippen molar-refractivity contribution < 1.29 is 33.3 Å². The number of carboxylic acids is 1. The molecule has 0 radical (unpaired) electrons. The highest BCUT2D eigenvalue weighted by molar-refractivity contribution is 5.94. The Hall–Kier alpha value is -3.95. The van der Waals surface area contributed by atoms with E-state index in [-0.39, 0.29) is 18.3 Å². The van der Waals surface area contributed by atoms with Gasteiger partial charge in [-0.05, 0) is 77.8 Å². The minimum Gasteiger partial charge on any atom is -0.486 e. The van der Waals surface area contributed by atoms with E-state index in [2.05, 4.69) is 5.32 Å². The van der Waals surface area contributed by atoms with Gasteiger partial charge in [0.05, 0.1) is 12.5 Å². The molecule has 0 aliphatic carbocycles. The summed E-state index contributed by atoms with van der Waals surface area (Å²) in [5.74, 6) is -1.50. The van der Waals surface area contributed by atoms with Crippen molar-refractivity contribution in [3.8, 4) is 11.5 Å². The van der Waals surface area contributed by atoms with Crippen LogP contribution < -0.4 is 14.8 Å². The van der Waals surface area contributed by atoms with Gasteiger partial charge in [-0.2, -0.15) is 0 Å². The zero-order valence-electron chi connectivity index (χ0n) is 25.6. The molecular weight excluding hydrogens is 563 g/mol. The predicted octanol–water partition coefficient (Wildman–Crippen LogP) is 5.78. The third-order valence-electron chi connectivity index (χ3n) is 8.65. The molecule has 234 valence electrons. The summed E-state index contributed by atoms with van der Waals surface area (Å²) in [5, 5.41) is 13.7. The Morgan fingerprint density at radius 2 is 1.64 bits per heavy atom. The maximum Gasteiger partial charge on any atom is 0.309 e. The van der Waals surface area contributed by atoms with Gasteiger partial charge in [0, 0.05) is 37.9 Å². The summed E-state index contributed by atoms with van der Waals surface area (Å²) in [6.45, 7) is 5.75. The molecule has 1 unspecified atom stereocenters. The van der Waals surface area contributed by atoms with Gasteiger partial charge in [-0.1, -0.05) is 44.2 Å².